The van der Waals surface area contributed by atoms with Crippen molar-refractivity contribution in [3.8, 4) is 0 Å². The van der Waals surface area contributed by atoms with Crippen LogP contribution in [0.2, 0.25) is 0 Å². The van der Waals surface area contributed by atoms with Crippen molar-refractivity contribution in [3.05, 3.63) is 0 Å². The highest BCUT2D eigenvalue weighted by Crippen LogP contribution is 2.18. The van der Waals surface area contributed by atoms with Crippen LogP contribution in [0.1, 0.15) is 6.92 Å². The molecular weight excluding hydrogens is 146 g/mol. The second-order valence-corrected chi connectivity index (χ2v) is 3.54. The minimum Gasteiger partial charge on any atom is -0.265 e. The maximum absolute atomic E-state index is 3.33. The molecule has 1 aliphatic heterocycles. The van der Waals surface area contributed by atoms with E-state index in [1.165, 1.54) is 0 Å². The van der Waals surface area contributed by atoms with Gasteiger partial charge in [-0.15, -0.1) is 11.8 Å². The summed E-state index contributed by atoms with van der Waals surface area (Å²) in [4.78, 5) is 2.30. The SMILES string of the molecule is CSC1NN(C)C(C)N1C. The van der Waals surface area contributed by atoms with E-state index in [-0.39, 0.29) is 0 Å². The first kappa shape index (κ1) is 8.33. The molecule has 0 aromatic carbocycles. The highest BCUT2D eigenvalue weighted by molar-refractivity contribution is 7.99. The summed E-state index contributed by atoms with van der Waals surface area (Å²) >= 11 is 1.82. The van der Waals surface area contributed by atoms with Crippen molar-refractivity contribution in [1.29, 1.82) is 0 Å². The van der Waals surface area contributed by atoms with E-state index in [0.717, 1.165) is 0 Å². The molecule has 0 spiro atoms. The molecule has 1 aliphatic rings. The predicted octanol–water partition coefficient (Wildman–Crippen LogP) is 0.361. The minimum absolute atomic E-state index is 0.444. The van der Waals surface area contributed by atoms with E-state index in [4.69, 9.17) is 0 Å². The molecule has 0 radical (unpaired) electrons. The summed E-state index contributed by atoms with van der Waals surface area (Å²) in [7, 11) is 4.19. The minimum atomic E-state index is 0.444. The average Bonchev–Trinajstić information content (AvgIpc) is 2.17. The molecule has 60 valence electrons. The van der Waals surface area contributed by atoms with Crippen LogP contribution in [0.3, 0.4) is 0 Å². The second-order valence-electron chi connectivity index (χ2n) is 2.63. The summed E-state index contributed by atoms with van der Waals surface area (Å²) in [5.74, 6) is 0. The summed E-state index contributed by atoms with van der Waals surface area (Å²) in [6.07, 6.45) is 2.61. The van der Waals surface area contributed by atoms with Gasteiger partial charge in [0.2, 0.25) is 0 Å². The van der Waals surface area contributed by atoms with Crippen molar-refractivity contribution in [2.45, 2.75) is 18.6 Å². The van der Waals surface area contributed by atoms with Gasteiger partial charge in [-0.1, -0.05) is 0 Å². The fourth-order valence-corrected chi connectivity index (χ4v) is 1.84. The van der Waals surface area contributed by atoms with Gasteiger partial charge in [-0.05, 0) is 20.2 Å². The zero-order valence-electron chi connectivity index (χ0n) is 6.96. The van der Waals surface area contributed by atoms with Crippen LogP contribution in [0.5, 0.6) is 0 Å². The first-order chi connectivity index (χ1) is 4.66. The molecule has 2 unspecified atom stereocenters. The van der Waals surface area contributed by atoms with Crippen molar-refractivity contribution in [3.63, 3.8) is 0 Å². The Hall–Kier alpha value is 0.230. The maximum Gasteiger partial charge on any atom is 0.121 e. The maximum atomic E-state index is 3.33. The van der Waals surface area contributed by atoms with Crippen LogP contribution < -0.4 is 5.43 Å². The van der Waals surface area contributed by atoms with Crippen molar-refractivity contribution in [1.82, 2.24) is 15.3 Å². The van der Waals surface area contributed by atoms with Crippen molar-refractivity contribution in [2.24, 2.45) is 0 Å². The third-order valence-corrected chi connectivity index (χ3v) is 2.94. The summed E-state index contributed by atoms with van der Waals surface area (Å²) in [5.41, 5.74) is 3.77. The average molecular weight is 161 g/mol. The van der Waals surface area contributed by atoms with Gasteiger partial charge in [-0.3, -0.25) is 4.90 Å². The monoisotopic (exact) mass is 161 g/mol. The summed E-state index contributed by atoms with van der Waals surface area (Å²) in [6.45, 7) is 2.18. The van der Waals surface area contributed by atoms with E-state index in [2.05, 4.69) is 42.6 Å². The Morgan fingerprint density at radius 1 is 1.40 bits per heavy atom. The Kier molecular flexibility index (Phi) is 2.57. The molecule has 1 rings (SSSR count). The largest absolute Gasteiger partial charge is 0.265 e. The number of nitrogens with one attached hydrogen (secondary N) is 1. The van der Waals surface area contributed by atoms with Gasteiger partial charge in [0.05, 0.1) is 6.17 Å². The predicted molar refractivity (Wildman–Crippen MR) is 45.4 cm³/mol. The van der Waals surface area contributed by atoms with Crippen LogP contribution in [0.15, 0.2) is 0 Å². The summed E-state index contributed by atoms with van der Waals surface area (Å²) in [6, 6.07) is 0. The van der Waals surface area contributed by atoms with Gasteiger partial charge in [-0.2, -0.15) is 0 Å². The Morgan fingerprint density at radius 3 is 2.20 bits per heavy atom. The molecule has 0 bridgehead atoms. The number of nitrogens with zero attached hydrogens (tertiary/aromatic N) is 2. The van der Waals surface area contributed by atoms with Gasteiger partial charge in [0.15, 0.2) is 0 Å². The fourth-order valence-electron chi connectivity index (χ4n) is 1.06. The third-order valence-electron chi connectivity index (χ3n) is 2.06. The smallest absolute Gasteiger partial charge is 0.121 e. The zero-order valence-corrected chi connectivity index (χ0v) is 7.77. The van der Waals surface area contributed by atoms with E-state index in [0.29, 0.717) is 11.7 Å². The van der Waals surface area contributed by atoms with Crippen LogP contribution in [0, 0.1) is 0 Å². The molecule has 2 atom stereocenters. The number of hydrogen-bond donors (Lipinski definition) is 1. The molecule has 10 heavy (non-hydrogen) atoms. The molecule has 0 aliphatic carbocycles. The molecule has 0 amide bonds. The van der Waals surface area contributed by atoms with Gasteiger partial charge in [-0.25, -0.2) is 10.4 Å². The first-order valence-corrected chi connectivity index (χ1v) is 4.69. The van der Waals surface area contributed by atoms with E-state index >= 15 is 0 Å². The quantitative estimate of drug-likeness (QED) is 0.598. The van der Waals surface area contributed by atoms with Crippen LogP contribution in [-0.4, -0.2) is 41.9 Å². The van der Waals surface area contributed by atoms with Crippen molar-refractivity contribution in [2.75, 3.05) is 20.4 Å². The number of hydrogen-bond acceptors (Lipinski definition) is 4. The van der Waals surface area contributed by atoms with E-state index in [1.807, 2.05) is 11.8 Å². The number of thioether (sulfide) groups is 1. The van der Waals surface area contributed by atoms with Crippen LogP contribution in [0.25, 0.3) is 0 Å². The van der Waals surface area contributed by atoms with Crippen LogP contribution in [0.4, 0.5) is 0 Å². The molecule has 0 aromatic rings. The summed E-state index contributed by atoms with van der Waals surface area (Å²) < 4.78 is 0. The fraction of sp³-hybridized carbons (Fsp3) is 1.00. The van der Waals surface area contributed by atoms with Gasteiger partial charge in [0.25, 0.3) is 0 Å². The Morgan fingerprint density at radius 2 is 2.00 bits per heavy atom. The lowest BCUT2D eigenvalue weighted by Crippen LogP contribution is -2.33. The molecule has 3 nitrogen and oxygen atoms in total. The lowest BCUT2D eigenvalue weighted by Gasteiger charge is -2.19. The molecule has 1 N–H and O–H groups in total. The van der Waals surface area contributed by atoms with Crippen molar-refractivity contribution >= 4 is 11.8 Å². The van der Waals surface area contributed by atoms with E-state index < -0.39 is 0 Å². The lowest BCUT2D eigenvalue weighted by molar-refractivity contribution is 0.183. The molecule has 4 heteroatoms. The topological polar surface area (TPSA) is 18.5 Å². The molecule has 0 aromatic heterocycles. The normalized spacial score (nSPS) is 37.2. The third kappa shape index (κ3) is 1.29. The highest BCUT2D eigenvalue weighted by atomic mass is 32.2. The molecule has 1 saturated heterocycles. The lowest BCUT2D eigenvalue weighted by atomic mass is 10.5. The van der Waals surface area contributed by atoms with Crippen LogP contribution >= 0.6 is 11.8 Å². The molecule has 1 heterocycles. The Balaban J connectivity index is 2.53. The van der Waals surface area contributed by atoms with E-state index in [1.54, 1.807) is 0 Å². The number of rotatable bonds is 1. The van der Waals surface area contributed by atoms with Gasteiger partial charge >= 0.3 is 0 Å². The molecule has 1 fully saturated rings. The summed E-state index contributed by atoms with van der Waals surface area (Å²) in [5, 5.41) is 2.13. The highest BCUT2D eigenvalue weighted by Gasteiger charge is 2.29. The van der Waals surface area contributed by atoms with Gasteiger partial charge in [0.1, 0.15) is 5.50 Å². The molecular formula is C6H15N3S. The second kappa shape index (κ2) is 3.09. The standard InChI is InChI=1S/C6H15N3S/c1-5-8(2)6(10-4)7-9(5)3/h5-7H,1-4H3. The van der Waals surface area contributed by atoms with Gasteiger partial charge in [0, 0.05) is 7.05 Å². The first-order valence-electron chi connectivity index (χ1n) is 3.40. The van der Waals surface area contributed by atoms with Crippen molar-refractivity contribution < 1.29 is 0 Å². The Bertz CT molecular complexity index is 120. The Labute approximate surface area is 66.7 Å². The number of hydrazine groups is 1. The van der Waals surface area contributed by atoms with Crippen LogP contribution in [-0.2, 0) is 0 Å². The molecule has 0 saturated carbocycles. The van der Waals surface area contributed by atoms with E-state index in [9.17, 15) is 0 Å². The zero-order chi connectivity index (χ0) is 7.72. The van der Waals surface area contributed by atoms with Gasteiger partial charge < -0.3 is 0 Å².